The predicted octanol–water partition coefficient (Wildman–Crippen LogP) is 2.41. The van der Waals surface area contributed by atoms with Crippen molar-refractivity contribution in [2.75, 3.05) is 0 Å². The van der Waals surface area contributed by atoms with Crippen molar-refractivity contribution in [1.82, 2.24) is 6.15 Å². The molecule has 1 aromatic rings. The molecule has 1 rings (SSSR count). The van der Waals surface area contributed by atoms with Crippen molar-refractivity contribution in [2.45, 2.75) is 0 Å². The third-order valence-corrected chi connectivity index (χ3v) is 1.34. The van der Waals surface area contributed by atoms with Crippen molar-refractivity contribution in [3.8, 4) is 0 Å². The Balaban J connectivity index is 0.000001000. The van der Waals surface area contributed by atoms with Gasteiger partial charge >= 0.3 is 5.97 Å². The van der Waals surface area contributed by atoms with Gasteiger partial charge in [0.25, 0.3) is 0 Å². The van der Waals surface area contributed by atoms with E-state index < -0.39 is 5.97 Å². The summed E-state index contributed by atoms with van der Waals surface area (Å²) in [6, 6.07) is 6.02. The third kappa shape index (κ3) is 2.57. The molecule has 0 bridgehead atoms. The van der Waals surface area contributed by atoms with Gasteiger partial charge in [0.2, 0.25) is 0 Å². The summed E-state index contributed by atoms with van der Waals surface area (Å²) >= 11 is 5.52. The molecule has 0 heterocycles. The maximum absolute atomic E-state index is 10.3. The molecule has 0 radical (unpaired) electrons. The Morgan fingerprint density at radius 1 is 1.27 bits per heavy atom. The molecule has 4 heteroatoms. The Hall–Kier alpha value is -1.06. The van der Waals surface area contributed by atoms with Crippen LogP contribution in [0.1, 0.15) is 10.4 Å². The monoisotopic (exact) mass is 174 g/mol. The van der Waals surface area contributed by atoms with E-state index in [0.29, 0.717) is 5.02 Å². The molecule has 0 aliphatic heterocycles. The van der Waals surface area contributed by atoms with Crippen molar-refractivity contribution in [2.24, 2.45) is 0 Å². The second kappa shape index (κ2) is 3.95. The zero-order valence-corrected chi connectivity index (χ0v) is 6.80. The molecular weight excluding hydrogens is 166 g/mol. The van der Waals surface area contributed by atoms with Crippen LogP contribution in [0.25, 0.3) is 0 Å². The normalized spacial score (nSPS) is 8.45. The fraction of sp³-hybridized carbons (Fsp3) is 0. The molecule has 0 aliphatic carbocycles. The maximum Gasteiger partial charge on any atom is 0.335 e. The third-order valence-electron chi connectivity index (χ3n) is 1.09. The van der Waals surface area contributed by atoms with Gasteiger partial charge in [0.15, 0.2) is 0 Å². The number of carboxylic acid groups (broad SMARTS) is 1. The SMILES string of the molecule is O=C(O)c1ccc(Cl)cc1.[NH4+]. The fourth-order valence-corrected chi connectivity index (χ4v) is 0.718. The van der Waals surface area contributed by atoms with Crippen LogP contribution in [0.2, 0.25) is 5.02 Å². The zero-order valence-electron chi connectivity index (χ0n) is 6.04. The smallest absolute Gasteiger partial charge is 0.335 e. The largest absolute Gasteiger partial charge is 0.478 e. The molecule has 60 valence electrons. The molecule has 5 N–H and O–H groups in total. The van der Waals surface area contributed by atoms with Crippen LogP contribution in [0.3, 0.4) is 0 Å². The Morgan fingerprint density at radius 3 is 2.09 bits per heavy atom. The van der Waals surface area contributed by atoms with Gasteiger partial charge in [-0.3, -0.25) is 0 Å². The molecule has 0 unspecified atom stereocenters. The van der Waals surface area contributed by atoms with Crippen LogP contribution < -0.4 is 6.15 Å². The summed E-state index contributed by atoms with van der Waals surface area (Å²) in [5, 5.41) is 8.98. The first-order chi connectivity index (χ1) is 4.70. The van der Waals surface area contributed by atoms with Crippen molar-refractivity contribution in [1.29, 1.82) is 0 Å². The van der Waals surface area contributed by atoms with Gasteiger partial charge in [-0.25, -0.2) is 4.79 Å². The van der Waals surface area contributed by atoms with Gasteiger partial charge in [-0.15, -0.1) is 0 Å². The first kappa shape index (κ1) is 9.94. The average molecular weight is 175 g/mol. The second-order valence-corrected chi connectivity index (χ2v) is 2.25. The lowest BCUT2D eigenvalue weighted by atomic mass is 10.2. The molecule has 0 saturated heterocycles. The van der Waals surface area contributed by atoms with Crippen molar-refractivity contribution >= 4 is 17.6 Å². The van der Waals surface area contributed by atoms with Crippen LogP contribution in [0.5, 0.6) is 0 Å². The topological polar surface area (TPSA) is 73.8 Å². The lowest BCUT2D eigenvalue weighted by molar-refractivity contribution is 0.0697. The van der Waals surface area contributed by atoms with E-state index in [4.69, 9.17) is 16.7 Å². The number of halogens is 1. The molecule has 1 aromatic carbocycles. The standard InChI is InChI=1S/C7H5ClO2.H3N/c8-6-3-1-5(2-4-6)7(9)10;/h1-4H,(H,9,10);1H3/p+1. The van der Waals surface area contributed by atoms with E-state index in [9.17, 15) is 4.79 Å². The first-order valence-corrected chi connectivity index (χ1v) is 3.07. The van der Waals surface area contributed by atoms with Gasteiger partial charge in [0.1, 0.15) is 0 Å². The number of hydrogen-bond acceptors (Lipinski definition) is 1. The summed E-state index contributed by atoms with van der Waals surface area (Å²) in [6.07, 6.45) is 0. The van der Waals surface area contributed by atoms with E-state index in [1.165, 1.54) is 12.1 Å². The van der Waals surface area contributed by atoms with Crippen LogP contribution >= 0.6 is 11.6 Å². The summed E-state index contributed by atoms with van der Waals surface area (Å²) in [6.45, 7) is 0. The van der Waals surface area contributed by atoms with Crippen molar-refractivity contribution in [3.05, 3.63) is 34.9 Å². The summed E-state index contributed by atoms with van der Waals surface area (Å²) in [4.78, 5) is 10.3. The quantitative estimate of drug-likeness (QED) is 0.686. The Bertz CT molecular complexity index is 245. The number of benzene rings is 1. The van der Waals surface area contributed by atoms with Gasteiger partial charge in [-0.2, -0.15) is 0 Å². The van der Waals surface area contributed by atoms with Gasteiger partial charge in [0, 0.05) is 5.02 Å². The number of aromatic carboxylic acids is 1. The predicted molar refractivity (Wildman–Crippen MR) is 44.4 cm³/mol. The molecular formula is C7H9ClNO2+. The molecule has 0 spiro atoms. The van der Waals surface area contributed by atoms with Gasteiger partial charge in [-0.05, 0) is 24.3 Å². The van der Waals surface area contributed by atoms with E-state index in [2.05, 4.69) is 0 Å². The van der Waals surface area contributed by atoms with E-state index in [-0.39, 0.29) is 11.7 Å². The minimum Gasteiger partial charge on any atom is -0.478 e. The zero-order chi connectivity index (χ0) is 7.56. The molecule has 0 amide bonds. The number of carboxylic acids is 1. The number of hydrogen-bond donors (Lipinski definition) is 2. The first-order valence-electron chi connectivity index (χ1n) is 2.69. The lowest BCUT2D eigenvalue weighted by Gasteiger charge is -1.91. The van der Waals surface area contributed by atoms with Crippen LogP contribution in [0, 0.1) is 0 Å². The summed E-state index contributed by atoms with van der Waals surface area (Å²) in [5.74, 6) is -0.934. The van der Waals surface area contributed by atoms with Crippen LogP contribution in [-0.4, -0.2) is 11.1 Å². The Labute approximate surface area is 69.2 Å². The second-order valence-electron chi connectivity index (χ2n) is 1.81. The lowest BCUT2D eigenvalue weighted by Crippen LogP contribution is -1.94. The summed E-state index contributed by atoms with van der Waals surface area (Å²) in [7, 11) is 0. The van der Waals surface area contributed by atoms with E-state index in [1.54, 1.807) is 12.1 Å². The van der Waals surface area contributed by atoms with Crippen LogP contribution in [0.15, 0.2) is 24.3 Å². The molecule has 0 atom stereocenters. The Morgan fingerprint density at radius 2 is 1.73 bits per heavy atom. The van der Waals surface area contributed by atoms with Crippen LogP contribution in [0.4, 0.5) is 0 Å². The summed E-state index contributed by atoms with van der Waals surface area (Å²) in [5.41, 5.74) is 0.254. The summed E-state index contributed by atoms with van der Waals surface area (Å²) < 4.78 is 0. The van der Waals surface area contributed by atoms with E-state index in [1.807, 2.05) is 0 Å². The number of carbonyl (C=O) groups is 1. The highest BCUT2D eigenvalue weighted by molar-refractivity contribution is 6.30. The molecule has 0 aromatic heterocycles. The highest BCUT2D eigenvalue weighted by Crippen LogP contribution is 2.08. The van der Waals surface area contributed by atoms with E-state index >= 15 is 0 Å². The molecule has 0 fully saturated rings. The van der Waals surface area contributed by atoms with Crippen molar-refractivity contribution in [3.63, 3.8) is 0 Å². The number of rotatable bonds is 1. The van der Waals surface area contributed by atoms with E-state index in [0.717, 1.165) is 0 Å². The molecule has 11 heavy (non-hydrogen) atoms. The minimum absolute atomic E-state index is 0. The fourth-order valence-electron chi connectivity index (χ4n) is 0.592. The van der Waals surface area contributed by atoms with Crippen molar-refractivity contribution < 1.29 is 9.90 Å². The van der Waals surface area contributed by atoms with Crippen LogP contribution in [-0.2, 0) is 0 Å². The van der Waals surface area contributed by atoms with Gasteiger partial charge in [-0.1, -0.05) is 11.6 Å². The Kier molecular flexibility index (Phi) is 3.57. The molecule has 3 nitrogen and oxygen atoms in total. The number of quaternary nitrogens is 1. The molecule has 0 saturated carbocycles. The highest BCUT2D eigenvalue weighted by atomic mass is 35.5. The average Bonchev–Trinajstić information content (AvgIpc) is 1.88. The minimum atomic E-state index is -0.934. The van der Waals surface area contributed by atoms with Gasteiger partial charge < -0.3 is 11.3 Å². The maximum atomic E-state index is 10.3. The van der Waals surface area contributed by atoms with Gasteiger partial charge in [0.05, 0.1) is 5.56 Å². The molecule has 0 aliphatic rings. The highest BCUT2D eigenvalue weighted by Gasteiger charge is 1.99.